The minimum Gasteiger partial charge on any atom is -0.507 e. The summed E-state index contributed by atoms with van der Waals surface area (Å²) >= 11 is 3.37. The molecular formula is C24H26BrNO5. The first-order valence-electron chi connectivity index (χ1n) is 10.2. The summed E-state index contributed by atoms with van der Waals surface area (Å²) < 4.78 is 11.6. The lowest BCUT2D eigenvalue weighted by Gasteiger charge is -2.25. The van der Waals surface area contributed by atoms with Gasteiger partial charge in [0.25, 0.3) is 11.7 Å². The van der Waals surface area contributed by atoms with Crippen molar-refractivity contribution >= 4 is 33.4 Å². The first kappa shape index (κ1) is 23.0. The molecule has 1 fully saturated rings. The highest BCUT2D eigenvalue weighted by atomic mass is 79.9. The fourth-order valence-electron chi connectivity index (χ4n) is 3.57. The summed E-state index contributed by atoms with van der Waals surface area (Å²) in [6, 6.07) is 13.6. The predicted molar refractivity (Wildman–Crippen MR) is 122 cm³/mol. The molecule has 0 saturated carbocycles. The third-order valence-corrected chi connectivity index (χ3v) is 5.60. The van der Waals surface area contributed by atoms with E-state index < -0.39 is 17.7 Å². The lowest BCUT2D eigenvalue weighted by Crippen LogP contribution is -2.31. The molecule has 0 bridgehead atoms. The molecule has 0 radical (unpaired) electrons. The van der Waals surface area contributed by atoms with Gasteiger partial charge in [-0.2, -0.15) is 0 Å². The van der Waals surface area contributed by atoms with Crippen molar-refractivity contribution in [3.8, 4) is 5.75 Å². The van der Waals surface area contributed by atoms with E-state index in [4.69, 9.17) is 9.47 Å². The lowest BCUT2D eigenvalue weighted by atomic mass is 9.95. The molecule has 1 aliphatic heterocycles. The molecule has 0 spiro atoms. The molecule has 1 unspecified atom stereocenters. The average molecular weight is 488 g/mol. The molecule has 1 heterocycles. The Hall–Kier alpha value is -2.64. The van der Waals surface area contributed by atoms with Crippen LogP contribution in [0.3, 0.4) is 0 Å². The number of nitrogens with zero attached hydrogens (tertiary/aromatic N) is 1. The van der Waals surface area contributed by atoms with Crippen molar-refractivity contribution in [2.45, 2.75) is 25.8 Å². The topological polar surface area (TPSA) is 76.1 Å². The van der Waals surface area contributed by atoms with Crippen LogP contribution in [0.25, 0.3) is 5.76 Å². The number of carbonyl (C=O) groups is 2. The third kappa shape index (κ3) is 5.17. The minimum absolute atomic E-state index is 0.0898. The lowest BCUT2D eigenvalue weighted by molar-refractivity contribution is -0.140. The summed E-state index contributed by atoms with van der Waals surface area (Å²) in [5, 5.41) is 11.0. The zero-order chi connectivity index (χ0) is 22.4. The molecule has 31 heavy (non-hydrogen) atoms. The number of rotatable bonds is 9. The van der Waals surface area contributed by atoms with Gasteiger partial charge in [-0.25, -0.2) is 0 Å². The molecule has 3 rings (SSSR count). The Bertz CT molecular complexity index is 953. The van der Waals surface area contributed by atoms with Crippen LogP contribution < -0.4 is 4.74 Å². The van der Waals surface area contributed by atoms with E-state index >= 15 is 0 Å². The molecule has 2 aromatic rings. The average Bonchev–Trinajstić information content (AvgIpc) is 3.03. The van der Waals surface area contributed by atoms with Crippen LogP contribution >= 0.6 is 15.9 Å². The number of hydrogen-bond acceptors (Lipinski definition) is 5. The first-order chi connectivity index (χ1) is 15.0. The fourth-order valence-corrected chi connectivity index (χ4v) is 3.83. The second-order valence-electron chi connectivity index (χ2n) is 7.26. The standard InChI is InChI=1S/C24H26BrNO5/c1-3-14-31-19-11-7-16(8-12-19)21-20(22(27)17-5-9-18(25)10-6-17)23(28)24(29)26(21)13-4-15-30-2/h5-12,21,27H,3-4,13-15H2,1-2H3/b22-20-. The number of ketones is 1. The van der Waals surface area contributed by atoms with Crippen molar-refractivity contribution in [1.29, 1.82) is 0 Å². The quantitative estimate of drug-likeness (QED) is 0.240. The summed E-state index contributed by atoms with van der Waals surface area (Å²) in [5.41, 5.74) is 1.30. The number of amides is 1. The highest BCUT2D eigenvalue weighted by molar-refractivity contribution is 9.10. The monoisotopic (exact) mass is 487 g/mol. The number of Topliss-reactive ketones (excluding diaryl/α,β-unsaturated/α-hetero) is 1. The van der Waals surface area contributed by atoms with E-state index in [1.807, 2.05) is 31.2 Å². The van der Waals surface area contributed by atoms with Crippen molar-refractivity contribution in [3.05, 3.63) is 69.7 Å². The van der Waals surface area contributed by atoms with Crippen LogP contribution in [-0.4, -0.2) is 48.6 Å². The zero-order valence-corrected chi connectivity index (χ0v) is 19.2. The van der Waals surface area contributed by atoms with Crippen molar-refractivity contribution < 1.29 is 24.2 Å². The third-order valence-electron chi connectivity index (χ3n) is 5.07. The van der Waals surface area contributed by atoms with Gasteiger partial charge in [-0.15, -0.1) is 0 Å². The summed E-state index contributed by atoms with van der Waals surface area (Å²) in [6.07, 6.45) is 1.48. The number of halogens is 1. The summed E-state index contributed by atoms with van der Waals surface area (Å²) in [6.45, 7) is 3.45. The van der Waals surface area contributed by atoms with E-state index in [1.54, 1.807) is 31.4 Å². The fraction of sp³-hybridized carbons (Fsp3) is 0.333. The summed E-state index contributed by atoms with van der Waals surface area (Å²) in [5.74, 6) is -0.772. The Morgan fingerprint density at radius 2 is 1.74 bits per heavy atom. The van der Waals surface area contributed by atoms with E-state index in [2.05, 4.69) is 15.9 Å². The zero-order valence-electron chi connectivity index (χ0n) is 17.6. The molecule has 6 nitrogen and oxygen atoms in total. The van der Waals surface area contributed by atoms with E-state index in [-0.39, 0.29) is 11.3 Å². The van der Waals surface area contributed by atoms with Crippen LogP contribution in [0.5, 0.6) is 5.75 Å². The highest BCUT2D eigenvalue weighted by Gasteiger charge is 2.45. The Morgan fingerprint density at radius 3 is 2.35 bits per heavy atom. The Labute approximate surface area is 190 Å². The van der Waals surface area contributed by atoms with Crippen LogP contribution in [0.4, 0.5) is 0 Å². The molecular weight excluding hydrogens is 462 g/mol. The first-order valence-corrected chi connectivity index (χ1v) is 11.0. The van der Waals surface area contributed by atoms with Gasteiger partial charge >= 0.3 is 0 Å². The highest BCUT2D eigenvalue weighted by Crippen LogP contribution is 2.40. The van der Waals surface area contributed by atoms with E-state index in [9.17, 15) is 14.7 Å². The maximum absolute atomic E-state index is 12.9. The van der Waals surface area contributed by atoms with E-state index in [1.165, 1.54) is 4.90 Å². The molecule has 1 saturated heterocycles. The Morgan fingerprint density at radius 1 is 1.06 bits per heavy atom. The minimum atomic E-state index is -0.686. The molecule has 1 N–H and O–H groups in total. The number of methoxy groups -OCH3 is 1. The summed E-state index contributed by atoms with van der Waals surface area (Å²) in [7, 11) is 1.59. The van der Waals surface area contributed by atoms with E-state index in [0.29, 0.717) is 31.7 Å². The second kappa shape index (κ2) is 10.6. The second-order valence-corrected chi connectivity index (χ2v) is 8.18. The van der Waals surface area contributed by atoms with Gasteiger partial charge in [-0.3, -0.25) is 9.59 Å². The SMILES string of the molecule is CCCOc1ccc(C2/C(=C(/O)c3ccc(Br)cc3)C(=O)C(=O)N2CCCOC)cc1. The number of likely N-dealkylation sites (tertiary alicyclic amines) is 1. The largest absolute Gasteiger partial charge is 0.507 e. The maximum atomic E-state index is 12.9. The van der Waals surface area contributed by atoms with Crippen LogP contribution in [0.1, 0.15) is 36.9 Å². The number of aliphatic hydroxyl groups is 1. The van der Waals surface area contributed by atoms with Crippen molar-refractivity contribution in [2.24, 2.45) is 0 Å². The Balaban J connectivity index is 2.04. The van der Waals surface area contributed by atoms with Crippen molar-refractivity contribution in [1.82, 2.24) is 4.90 Å². The Kier molecular flexibility index (Phi) is 7.87. The number of aliphatic hydroxyl groups excluding tert-OH is 1. The number of benzene rings is 2. The molecule has 1 amide bonds. The predicted octanol–water partition coefficient (Wildman–Crippen LogP) is 4.70. The van der Waals surface area contributed by atoms with Gasteiger partial charge < -0.3 is 19.5 Å². The van der Waals surface area contributed by atoms with Crippen LogP contribution in [0.2, 0.25) is 0 Å². The van der Waals surface area contributed by atoms with Gasteiger partial charge in [-0.1, -0.05) is 47.1 Å². The van der Waals surface area contributed by atoms with Crippen LogP contribution in [-0.2, 0) is 14.3 Å². The molecule has 164 valence electrons. The van der Waals surface area contributed by atoms with Crippen LogP contribution in [0, 0.1) is 0 Å². The van der Waals surface area contributed by atoms with Gasteiger partial charge in [0.2, 0.25) is 0 Å². The number of ether oxygens (including phenoxy) is 2. The smallest absolute Gasteiger partial charge is 0.295 e. The maximum Gasteiger partial charge on any atom is 0.295 e. The van der Waals surface area contributed by atoms with Gasteiger partial charge in [0.05, 0.1) is 18.2 Å². The molecule has 7 heteroatoms. The summed E-state index contributed by atoms with van der Waals surface area (Å²) in [4.78, 5) is 27.3. The molecule has 2 aromatic carbocycles. The number of carbonyl (C=O) groups excluding carboxylic acids is 2. The molecule has 0 aliphatic carbocycles. The molecule has 0 aromatic heterocycles. The van der Waals surface area contributed by atoms with Gasteiger partial charge in [-0.05, 0) is 42.7 Å². The normalized spacial score (nSPS) is 17.9. The van der Waals surface area contributed by atoms with Gasteiger partial charge in [0.15, 0.2) is 0 Å². The van der Waals surface area contributed by atoms with Gasteiger partial charge in [0, 0.05) is 30.3 Å². The van der Waals surface area contributed by atoms with Crippen molar-refractivity contribution in [3.63, 3.8) is 0 Å². The molecule has 1 atom stereocenters. The van der Waals surface area contributed by atoms with E-state index in [0.717, 1.165) is 22.2 Å². The van der Waals surface area contributed by atoms with Gasteiger partial charge in [0.1, 0.15) is 11.5 Å². The van der Waals surface area contributed by atoms with Crippen LogP contribution in [0.15, 0.2) is 58.6 Å². The number of hydrogen-bond donors (Lipinski definition) is 1. The molecule has 1 aliphatic rings. The van der Waals surface area contributed by atoms with Crippen molar-refractivity contribution in [2.75, 3.05) is 26.9 Å².